The van der Waals surface area contributed by atoms with Gasteiger partial charge in [0.25, 0.3) is 5.69 Å². The lowest BCUT2D eigenvalue weighted by molar-refractivity contribution is -0.384. The number of nitro benzene ring substituents is 1. The summed E-state index contributed by atoms with van der Waals surface area (Å²) < 4.78 is 4.89. The summed E-state index contributed by atoms with van der Waals surface area (Å²) in [6, 6.07) is 3.00. The van der Waals surface area contributed by atoms with Gasteiger partial charge in [0, 0.05) is 6.07 Å². The van der Waals surface area contributed by atoms with Gasteiger partial charge in [-0.1, -0.05) is 0 Å². The largest absolute Gasteiger partial charge is 0.447 e. The molecule has 0 aliphatic carbocycles. The molecule has 1 aromatic rings. The summed E-state index contributed by atoms with van der Waals surface area (Å²) in [4.78, 5) is 21.8. The van der Waals surface area contributed by atoms with Crippen LogP contribution in [0.15, 0.2) is 12.1 Å². The van der Waals surface area contributed by atoms with Crippen LogP contribution in [0.25, 0.3) is 0 Å². The van der Waals surface area contributed by atoms with Crippen LogP contribution in [0.5, 0.6) is 0 Å². The maximum absolute atomic E-state index is 11.4. The monoisotopic (exact) mass is 252 g/mol. The highest BCUT2D eigenvalue weighted by Gasteiger charge is 2.18. The SMILES string of the molecule is Cc1cc(NC(=O)OC(C)C)c([N+](=O)[O-])cc1C. The van der Waals surface area contributed by atoms with E-state index in [1.807, 2.05) is 6.92 Å². The molecule has 18 heavy (non-hydrogen) atoms. The van der Waals surface area contributed by atoms with Crippen molar-refractivity contribution in [3.05, 3.63) is 33.4 Å². The maximum atomic E-state index is 11.4. The van der Waals surface area contributed by atoms with Crippen LogP contribution >= 0.6 is 0 Å². The minimum atomic E-state index is -0.698. The van der Waals surface area contributed by atoms with Gasteiger partial charge in [0.2, 0.25) is 0 Å². The molecule has 1 rings (SSSR count). The molecule has 1 N–H and O–H groups in total. The van der Waals surface area contributed by atoms with Crippen molar-refractivity contribution in [1.29, 1.82) is 0 Å². The molecule has 98 valence electrons. The molecule has 0 saturated carbocycles. The molecular formula is C12H16N2O4. The van der Waals surface area contributed by atoms with Gasteiger partial charge in [-0.2, -0.15) is 0 Å². The fraction of sp³-hybridized carbons (Fsp3) is 0.417. The van der Waals surface area contributed by atoms with E-state index in [1.54, 1.807) is 26.8 Å². The number of benzene rings is 1. The number of carbonyl (C=O) groups is 1. The minimum absolute atomic E-state index is 0.140. The fourth-order valence-corrected chi connectivity index (χ4v) is 1.41. The quantitative estimate of drug-likeness (QED) is 0.661. The average molecular weight is 252 g/mol. The maximum Gasteiger partial charge on any atom is 0.412 e. The summed E-state index contributed by atoms with van der Waals surface area (Å²) in [5.74, 6) is 0. The number of nitrogens with zero attached hydrogens (tertiary/aromatic N) is 1. The summed E-state index contributed by atoms with van der Waals surface area (Å²) in [6.45, 7) is 7.00. The van der Waals surface area contributed by atoms with Crippen LogP contribution in [0.3, 0.4) is 0 Å². The average Bonchev–Trinajstić information content (AvgIpc) is 2.21. The molecule has 6 nitrogen and oxygen atoms in total. The number of ether oxygens (including phenoxy) is 1. The van der Waals surface area contributed by atoms with Crippen molar-refractivity contribution in [2.24, 2.45) is 0 Å². The highest BCUT2D eigenvalue weighted by molar-refractivity contribution is 5.88. The van der Waals surface area contributed by atoms with Gasteiger partial charge in [-0.05, 0) is 44.9 Å². The molecule has 1 aromatic carbocycles. The zero-order valence-corrected chi connectivity index (χ0v) is 10.8. The van der Waals surface area contributed by atoms with Crippen molar-refractivity contribution in [2.75, 3.05) is 5.32 Å². The second-order valence-electron chi connectivity index (χ2n) is 4.29. The van der Waals surface area contributed by atoms with E-state index in [2.05, 4.69) is 5.32 Å². The van der Waals surface area contributed by atoms with Crippen molar-refractivity contribution < 1.29 is 14.5 Å². The number of hydrogen-bond acceptors (Lipinski definition) is 4. The third-order valence-electron chi connectivity index (χ3n) is 2.39. The molecule has 0 fully saturated rings. The second-order valence-corrected chi connectivity index (χ2v) is 4.29. The molecule has 0 aliphatic rings. The molecule has 0 unspecified atom stereocenters. The lowest BCUT2D eigenvalue weighted by Gasteiger charge is -2.11. The molecule has 0 heterocycles. The highest BCUT2D eigenvalue weighted by Crippen LogP contribution is 2.28. The summed E-state index contributed by atoms with van der Waals surface area (Å²) in [5, 5.41) is 13.3. The van der Waals surface area contributed by atoms with Gasteiger partial charge in [-0.25, -0.2) is 4.79 Å². The third-order valence-corrected chi connectivity index (χ3v) is 2.39. The van der Waals surface area contributed by atoms with Crippen LogP contribution in [0.2, 0.25) is 0 Å². The highest BCUT2D eigenvalue weighted by atomic mass is 16.6. The molecule has 0 atom stereocenters. The van der Waals surface area contributed by atoms with Gasteiger partial charge >= 0.3 is 6.09 Å². The van der Waals surface area contributed by atoms with Crippen LogP contribution in [0, 0.1) is 24.0 Å². The number of nitro groups is 1. The van der Waals surface area contributed by atoms with E-state index in [0.29, 0.717) is 0 Å². The van der Waals surface area contributed by atoms with E-state index in [9.17, 15) is 14.9 Å². The zero-order valence-electron chi connectivity index (χ0n) is 10.8. The van der Waals surface area contributed by atoms with E-state index in [-0.39, 0.29) is 17.5 Å². The number of amides is 1. The van der Waals surface area contributed by atoms with E-state index in [1.165, 1.54) is 6.07 Å². The number of anilines is 1. The van der Waals surface area contributed by atoms with Gasteiger partial charge in [0.05, 0.1) is 11.0 Å². The number of rotatable bonds is 3. The Morgan fingerprint density at radius 3 is 2.39 bits per heavy atom. The number of nitrogens with one attached hydrogen (secondary N) is 1. The molecule has 6 heteroatoms. The Hall–Kier alpha value is -2.11. The number of carbonyl (C=O) groups excluding carboxylic acids is 1. The minimum Gasteiger partial charge on any atom is -0.447 e. The Kier molecular flexibility index (Phi) is 4.25. The standard InChI is InChI=1S/C12H16N2O4/c1-7(2)18-12(15)13-10-5-8(3)9(4)6-11(10)14(16)17/h5-7H,1-4H3,(H,13,15). The van der Waals surface area contributed by atoms with Gasteiger partial charge in [-0.15, -0.1) is 0 Å². The van der Waals surface area contributed by atoms with Gasteiger partial charge < -0.3 is 4.74 Å². The molecule has 0 radical (unpaired) electrons. The lowest BCUT2D eigenvalue weighted by atomic mass is 10.1. The Morgan fingerprint density at radius 2 is 1.89 bits per heavy atom. The number of hydrogen-bond donors (Lipinski definition) is 1. The predicted octanol–water partition coefficient (Wildman–Crippen LogP) is 3.17. The van der Waals surface area contributed by atoms with Gasteiger partial charge in [0.1, 0.15) is 5.69 Å². The van der Waals surface area contributed by atoms with Crippen molar-refractivity contribution in [2.45, 2.75) is 33.8 Å². The first kappa shape index (κ1) is 14.0. The van der Waals surface area contributed by atoms with Gasteiger partial charge in [0.15, 0.2) is 0 Å². The number of aryl methyl sites for hydroxylation is 2. The molecule has 0 aliphatic heterocycles. The van der Waals surface area contributed by atoms with Crippen LogP contribution in [-0.2, 0) is 4.74 Å². The Bertz CT molecular complexity index is 483. The molecule has 0 saturated heterocycles. The van der Waals surface area contributed by atoms with Crippen molar-refractivity contribution in [3.63, 3.8) is 0 Å². The first-order valence-electron chi connectivity index (χ1n) is 5.54. The van der Waals surface area contributed by atoms with Crippen molar-refractivity contribution in [3.8, 4) is 0 Å². The summed E-state index contributed by atoms with van der Waals surface area (Å²) in [7, 11) is 0. The van der Waals surface area contributed by atoms with E-state index in [4.69, 9.17) is 4.74 Å². The van der Waals surface area contributed by atoms with Crippen LogP contribution in [0.4, 0.5) is 16.2 Å². The van der Waals surface area contributed by atoms with Crippen molar-refractivity contribution in [1.82, 2.24) is 0 Å². The summed E-state index contributed by atoms with van der Waals surface area (Å²) in [6.07, 6.45) is -0.980. The fourth-order valence-electron chi connectivity index (χ4n) is 1.41. The summed E-state index contributed by atoms with van der Waals surface area (Å²) >= 11 is 0. The lowest BCUT2D eigenvalue weighted by Crippen LogP contribution is -2.18. The topological polar surface area (TPSA) is 81.5 Å². The van der Waals surface area contributed by atoms with Gasteiger partial charge in [-0.3, -0.25) is 15.4 Å². The third kappa shape index (κ3) is 3.44. The molecule has 1 amide bonds. The van der Waals surface area contributed by atoms with Crippen LogP contribution in [-0.4, -0.2) is 17.1 Å². The second kappa shape index (κ2) is 5.48. The van der Waals surface area contributed by atoms with Crippen LogP contribution in [0.1, 0.15) is 25.0 Å². The van der Waals surface area contributed by atoms with E-state index >= 15 is 0 Å². The van der Waals surface area contributed by atoms with E-state index < -0.39 is 11.0 Å². The van der Waals surface area contributed by atoms with Crippen LogP contribution < -0.4 is 5.32 Å². The first-order chi connectivity index (χ1) is 8.31. The molecule has 0 aromatic heterocycles. The Balaban J connectivity index is 3.04. The smallest absolute Gasteiger partial charge is 0.412 e. The Labute approximate surface area is 105 Å². The predicted molar refractivity (Wildman–Crippen MR) is 67.8 cm³/mol. The molecule has 0 spiro atoms. The summed E-state index contributed by atoms with van der Waals surface area (Å²) in [5.41, 5.74) is 1.66. The Morgan fingerprint density at radius 1 is 1.33 bits per heavy atom. The zero-order chi connectivity index (χ0) is 13.9. The molecular weight excluding hydrogens is 236 g/mol. The van der Waals surface area contributed by atoms with Crippen molar-refractivity contribution >= 4 is 17.5 Å². The van der Waals surface area contributed by atoms with E-state index in [0.717, 1.165) is 11.1 Å². The first-order valence-corrected chi connectivity index (χ1v) is 5.54. The normalized spacial score (nSPS) is 10.3. The molecule has 0 bridgehead atoms.